The fourth-order valence-electron chi connectivity index (χ4n) is 2.23. The minimum Gasteiger partial charge on any atom is -0.306 e. The number of aromatic nitrogens is 5. The molecule has 0 amide bonds. The van der Waals surface area contributed by atoms with Gasteiger partial charge in [-0.3, -0.25) is 18.9 Å². The van der Waals surface area contributed by atoms with Crippen LogP contribution in [0.3, 0.4) is 0 Å². The van der Waals surface area contributed by atoms with E-state index in [1.165, 1.54) is 11.6 Å². The van der Waals surface area contributed by atoms with Crippen LogP contribution in [-0.2, 0) is 21.1 Å². The van der Waals surface area contributed by atoms with Gasteiger partial charge in [-0.2, -0.15) is 10.1 Å². The summed E-state index contributed by atoms with van der Waals surface area (Å²) in [7, 11) is 4.69. The summed E-state index contributed by atoms with van der Waals surface area (Å²) in [5, 5.41) is 4.09. The Hall–Kier alpha value is -3.23. The predicted molar refractivity (Wildman–Crippen MR) is 86.6 cm³/mol. The third-order valence-electron chi connectivity index (χ3n) is 3.56. The normalized spacial score (nSPS) is 11.4. The first-order chi connectivity index (χ1) is 11.0. The van der Waals surface area contributed by atoms with Gasteiger partial charge >= 0.3 is 5.69 Å². The Kier molecular flexibility index (Phi) is 3.53. The van der Waals surface area contributed by atoms with Crippen LogP contribution in [0.25, 0.3) is 11.2 Å². The van der Waals surface area contributed by atoms with Crippen LogP contribution in [0.1, 0.15) is 5.56 Å². The summed E-state index contributed by atoms with van der Waals surface area (Å²) in [5.41, 5.74) is 3.47. The summed E-state index contributed by atoms with van der Waals surface area (Å²) in [6.45, 7) is 0. The Bertz CT molecular complexity index is 1010. The van der Waals surface area contributed by atoms with Gasteiger partial charge in [0.25, 0.3) is 5.56 Å². The summed E-state index contributed by atoms with van der Waals surface area (Å²) in [6.07, 6.45) is 4.93. The van der Waals surface area contributed by atoms with E-state index in [0.29, 0.717) is 17.1 Å². The van der Waals surface area contributed by atoms with Gasteiger partial charge in [0.15, 0.2) is 11.2 Å². The van der Waals surface area contributed by atoms with E-state index in [2.05, 4.69) is 20.5 Å². The highest BCUT2D eigenvalue weighted by molar-refractivity contribution is 5.80. The molecule has 0 aromatic carbocycles. The Morgan fingerprint density at radius 2 is 1.78 bits per heavy atom. The number of hydrogen-bond donors (Lipinski definition) is 1. The van der Waals surface area contributed by atoms with Crippen molar-refractivity contribution in [3.05, 3.63) is 50.9 Å². The van der Waals surface area contributed by atoms with E-state index < -0.39 is 11.2 Å². The highest BCUT2D eigenvalue weighted by Gasteiger charge is 2.16. The van der Waals surface area contributed by atoms with Crippen molar-refractivity contribution in [2.24, 2.45) is 26.2 Å². The monoisotopic (exact) mass is 313 g/mol. The van der Waals surface area contributed by atoms with Crippen LogP contribution in [0.15, 0.2) is 39.2 Å². The predicted octanol–water partition coefficient (Wildman–Crippen LogP) is -0.188. The molecule has 3 rings (SSSR count). The number of aryl methyl sites for hydroxylation is 2. The maximum absolute atomic E-state index is 12.2. The fraction of sp³-hybridized carbons (Fsp3) is 0.214. The number of nitrogens with one attached hydrogen (secondary N) is 1. The quantitative estimate of drug-likeness (QED) is 0.534. The lowest BCUT2D eigenvalue weighted by Crippen LogP contribution is -2.37. The minimum absolute atomic E-state index is 0.308. The van der Waals surface area contributed by atoms with Gasteiger partial charge in [-0.05, 0) is 17.7 Å². The fourth-order valence-corrected chi connectivity index (χ4v) is 2.23. The molecule has 1 N–H and O–H groups in total. The van der Waals surface area contributed by atoms with Crippen molar-refractivity contribution in [3.63, 3.8) is 0 Å². The van der Waals surface area contributed by atoms with E-state index in [1.807, 2.05) is 0 Å². The molecule has 118 valence electrons. The maximum atomic E-state index is 12.2. The minimum atomic E-state index is -0.424. The first kappa shape index (κ1) is 14.7. The Balaban J connectivity index is 2.03. The van der Waals surface area contributed by atoms with E-state index >= 15 is 0 Å². The lowest BCUT2D eigenvalue weighted by Gasteiger charge is -2.03. The van der Waals surface area contributed by atoms with E-state index in [0.717, 1.165) is 10.1 Å². The standard InChI is InChI=1S/C14H15N7O2/c1-19-10-11(20(2)14(23)21(3)12(10)22)17-13(19)18-16-8-9-4-6-15-7-5-9/h4-8H,1-3H3,(H,17,18)/b16-8+. The number of hydrazone groups is 1. The van der Waals surface area contributed by atoms with E-state index in [9.17, 15) is 9.59 Å². The van der Waals surface area contributed by atoms with E-state index in [1.54, 1.807) is 49.4 Å². The van der Waals surface area contributed by atoms with Gasteiger partial charge in [-0.15, -0.1) is 0 Å². The third kappa shape index (κ3) is 2.41. The molecule has 9 heteroatoms. The average Bonchev–Trinajstić information content (AvgIpc) is 2.89. The lowest BCUT2D eigenvalue weighted by atomic mass is 10.3. The number of fused-ring (bicyclic) bond motifs is 1. The second-order valence-electron chi connectivity index (χ2n) is 5.02. The summed E-state index contributed by atoms with van der Waals surface area (Å²) >= 11 is 0. The highest BCUT2D eigenvalue weighted by Crippen LogP contribution is 2.12. The summed E-state index contributed by atoms with van der Waals surface area (Å²) in [6, 6.07) is 3.61. The second kappa shape index (κ2) is 5.52. The van der Waals surface area contributed by atoms with Gasteiger partial charge in [0, 0.05) is 33.5 Å². The third-order valence-corrected chi connectivity index (χ3v) is 3.56. The Labute approximate surface area is 130 Å². The molecule has 0 aliphatic rings. The van der Waals surface area contributed by atoms with Crippen molar-refractivity contribution in [3.8, 4) is 0 Å². The molecular formula is C14H15N7O2. The van der Waals surface area contributed by atoms with Crippen molar-refractivity contribution in [2.75, 3.05) is 5.43 Å². The zero-order valence-electron chi connectivity index (χ0n) is 12.9. The molecule has 0 bridgehead atoms. The second-order valence-corrected chi connectivity index (χ2v) is 5.02. The van der Waals surface area contributed by atoms with E-state index in [-0.39, 0.29) is 0 Å². The first-order valence-corrected chi connectivity index (χ1v) is 6.82. The number of hydrogen-bond acceptors (Lipinski definition) is 6. The van der Waals surface area contributed by atoms with Crippen LogP contribution in [0, 0.1) is 0 Å². The average molecular weight is 313 g/mol. The molecule has 0 radical (unpaired) electrons. The van der Waals surface area contributed by atoms with Gasteiger partial charge in [-0.25, -0.2) is 10.2 Å². The maximum Gasteiger partial charge on any atom is 0.332 e. The van der Waals surface area contributed by atoms with Crippen molar-refractivity contribution in [2.45, 2.75) is 0 Å². The van der Waals surface area contributed by atoms with E-state index in [4.69, 9.17) is 0 Å². The molecule has 23 heavy (non-hydrogen) atoms. The van der Waals surface area contributed by atoms with Crippen molar-refractivity contribution in [1.29, 1.82) is 0 Å². The summed E-state index contributed by atoms with van der Waals surface area (Å²) < 4.78 is 3.95. The molecular weight excluding hydrogens is 298 g/mol. The van der Waals surface area contributed by atoms with Crippen molar-refractivity contribution in [1.82, 2.24) is 23.7 Å². The Morgan fingerprint density at radius 1 is 1.09 bits per heavy atom. The summed E-state index contributed by atoms with van der Waals surface area (Å²) in [5.74, 6) is 0.364. The number of nitrogens with zero attached hydrogens (tertiary/aromatic N) is 6. The molecule has 9 nitrogen and oxygen atoms in total. The van der Waals surface area contributed by atoms with Crippen LogP contribution >= 0.6 is 0 Å². The largest absolute Gasteiger partial charge is 0.332 e. The molecule has 0 aliphatic heterocycles. The number of pyridine rings is 1. The summed E-state index contributed by atoms with van der Waals surface area (Å²) in [4.78, 5) is 32.4. The van der Waals surface area contributed by atoms with Crippen LogP contribution in [0.4, 0.5) is 5.95 Å². The van der Waals surface area contributed by atoms with Crippen LogP contribution in [0.2, 0.25) is 0 Å². The first-order valence-electron chi connectivity index (χ1n) is 6.82. The molecule has 3 aromatic heterocycles. The molecule has 0 unspecified atom stereocenters. The number of rotatable bonds is 3. The zero-order chi connectivity index (χ0) is 16.6. The van der Waals surface area contributed by atoms with Gasteiger partial charge in [0.05, 0.1) is 6.21 Å². The van der Waals surface area contributed by atoms with Gasteiger partial charge in [-0.1, -0.05) is 0 Å². The van der Waals surface area contributed by atoms with Crippen LogP contribution in [0.5, 0.6) is 0 Å². The van der Waals surface area contributed by atoms with Gasteiger partial charge < -0.3 is 4.57 Å². The molecule has 0 fully saturated rings. The van der Waals surface area contributed by atoms with Crippen LogP contribution < -0.4 is 16.7 Å². The molecule has 0 saturated heterocycles. The molecule has 0 saturated carbocycles. The lowest BCUT2D eigenvalue weighted by molar-refractivity contribution is 0.705. The van der Waals surface area contributed by atoms with Crippen molar-refractivity contribution >= 4 is 23.3 Å². The molecule has 3 heterocycles. The Morgan fingerprint density at radius 3 is 2.48 bits per heavy atom. The van der Waals surface area contributed by atoms with Crippen LogP contribution in [-0.4, -0.2) is 29.9 Å². The molecule has 0 spiro atoms. The van der Waals surface area contributed by atoms with Gasteiger partial charge in [0.2, 0.25) is 5.95 Å². The topological polar surface area (TPSA) is 99.1 Å². The number of imidazole rings is 1. The zero-order valence-corrected chi connectivity index (χ0v) is 12.9. The smallest absolute Gasteiger partial charge is 0.306 e. The molecule has 3 aromatic rings. The van der Waals surface area contributed by atoms with Gasteiger partial charge in [0.1, 0.15) is 0 Å². The molecule has 0 aliphatic carbocycles. The number of anilines is 1. The van der Waals surface area contributed by atoms with Crippen molar-refractivity contribution < 1.29 is 0 Å². The SMILES string of the molecule is Cn1c(=O)c2c(nc(N/N=C/c3ccncc3)n2C)n(C)c1=O. The highest BCUT2D eigenvalue weighted by atomic mass is 16.2. The molecule has 0 atom stereocenters.